The van der Waals surface area contributed by atoms with Crippen molar-refractivity contribution in [1.82, 2.24) is 15.6 Å². The number of carbonyl (C=O) groups excluding carboxylic acids is 2. The molecule has 2 N–H and O–H groups in total. The number of hydrogen-bond donors (Lipinski definition) is 2. The number of rotatable bonds is 8. The number of aromatic nitrogens is 1. The van der Waals surface area contributed by atoms with Crippen LogP contribution in [0.2, 0.25) is 0 Å². The van der Waals surface area contributed by atoms with Gasteiger partial charge >= 0.3 is 0 Å². The summed E-state index contributed by atoms with van der Waals surface area (Å²) < 4.78 is 28.1. The fourth-order valence-corrected chi connectivity index (χ4v) is 5.44. The van der Waals surface area contributed by atoms with E-state index in [9.17, 15) is 18.0 Å². The molecule has 0 unspecified atom stereocenters. The molecule has 4 rings (SSSR count). The van der Waals surface area contributed by atoms with Gasteiger partial charge in [-0.2, -0.15) is 0 Å². The van der Waals surface area contributed by atoms with Crippen molar-refractivity contribution in [2.24, 2.45) is 0 Å². The third kappa shape index (κ3) is 5.43. The van der Waals surface area contributed by atoms with Crippen molar-refractivity contribution >= 4 is 27.5 Å². The van der Waals surface area contributed by atoms with Gasteiger partial charge in [0.15, 0.2) is 0 Å². The van der Waals surface area contributed by atoms with Crippen LogP contribution in [0.25, 0.3) is 0 Å². The average molecular weight is 479 g/mol. The SMILES string of the molecule is O=C(CCNC(=O)c1cccc(S(=O)(=O)N2CCCc3ccccc32)c1)NCc1ccncc1. The second-order valence-electron chi connectivity index (χ2n) is 7.98. The molecule has 1 aliphatic rings. The molecule has 9 heteroatoms. The fraction of sp³-hybridized carbons (Fsp3) is 0.240. The van der Waals surface area contributed by atoms with Crippen LogP contribution < -0.4 is 14.9 Å². The molecule has 0 fully saturated rings. The number of benzene rings is 2. The normalized spacial score (nSPS) is 13.1. The minimum absolute atomic E-state index is 0.0620. The number of amides is 2. The first kappa shape index (κ1) is 23.4. The van der Waals surface area contributed by atoms with Gasteiger partial charge < -0.3 is 10.6 Å². The van der Waals surface area contributed by atoms with Crippen LogP contribution in [0.3, 0.4) is 0 Å². The fourth-order valence-electron chi connectivity index (χ4n) is 3.86. The number of pyridine rings is 1. The standard InChI is InChI=1S/C25H26N4O4S/c30-24(28-18-19-10-13-26-14-11-19)12-15-27-25(31)21-6-3-8-22(17-21)34(32,33)29-16-4-7-20-5-1-2-9-23(20)29/h1-3,5-6,8-11,13-14,17H,4,7,12,15-16,18H2,(H,27,31)(H,28,30). The monoisotopic (exact) mass is 478 g/mol. The summed E-state index contributed by atoms with van der Waals surface area (Å²) in [5, 5.41) is 5.47. The number of para-hydroxylation sites is 1. The Balaban J connectivity index is 1.36. The number of nitrogens with zero attached hydrogens (tertiary/aromatic N) is 2. The van der Waals surface area contributed by atoms with Gasteiger partial charge in [0.25, 0.3) is 15.9 Å². The first-order valence-electron chi connectivity index (χ1n) is 11.1. The summed E-state index contributed by atoms with van der Waals surface area (Å²) in [6.07, 6.45) is 4.99. The summed E-state index contributed by atoms with van der Waals surface area (Å²) in [5.41, 5.74) is 2.83. The summed E-state index contributed by atoms with van der Waals surface area (Å²) in [6, 6.07) is 17.1. The van der Waals surface area contributed by atoms with Gasteiger partial charge in [0.05, 0.1) is 10.6 Å². The topological polar surface area (TPSA) is 108 Å². The number of fused-ring (bicyclic) bond motifs is 1. The Bertz CT molecular complexity index is 1280. The molecule has 1 aromatic heterocycles. The van der Waals surface area contributed by atoms with Gasteiger partial charge in [-0.05, 0) is 60.4 Å². The molecular formula is C25H26N4O4S. The lowest BCUT2D eigenvalue weighted by Gasteiger charge is -2.30. The minimum Gasteiger partial charge on any atom is -0.352 e. The molecule has 2 amide bonds. The van der Waals surface area contributed by atoms with Crippen LogP contribution in [-0.2, 0) is 27.8 Å². The molecule has 34 heavy (non-hydrogen) atoms. The summed E-state index contributed by atoms with van der Waals surface area (Å²) in [5.74, 6) is -0.629. The predicted molar refractivity (Wildman–Crippen MR) is 129 cm³/mol. The van der Waals surface area contributed by atoms with Gasteiger partial charge in [-0.15, -0.1) is 0 Å². The minimum atomic E-state index is -3.81. The molecule has 2 aromatic carbocycles. The van der Waals surface area contributed by atoms with Crippen molar-refractivity contribution in [3.8, 4) is 0 Å². The van der Waals surface area contributed by atoms with E-state index >= 15 is 0 Å². The lowest BCUT2D eigenvalue weighted by molar-refractivity contribution is -0.121. The van der Waals surface area contributed by atoms with E-state index in [4.69, 9.17) is 0 Å². The smallest absolute Gasteiger partial charge is 0.264 e. The van der Waals surface area contributed by atoms with Crippen molar-refractivity contribution in [3.05, 3.63) is 89.7 Å². The molecule has 1 aliphatic heterocycles. The van der Waals surface area contributed by atoms with Gasteiger partial charge in [0.2, 0.25) is 5.91 Å². The second-order valence-corrected chi connectivity index (χ2v) is 9.84. The van der Waals surface area contributed by atoms with Crippen LogP contribution >= 0.6 is 0 Å². The van der Waals surface area contributed by atoms with E-state index < -0.39 is 15.9 Å². The van der Waals surface area contributed by atoms with Crippen molar-refractivity contribution < 1.29 is 18.0 Å². The third-order valence-electron chi connectivity index (χ3n) is 5.63. The Kier molecular flexibility index (Phi) is 7.22. The summed E-state index contributed by atoms with van der Waals surface area (Å²) in [7, 11) is -3.81. The Hall–Kier alpha value is -3.72. The van der Waals surface area contributed by atoms with E-state index in [2.05, 4.69) is 15.6 Å². The summed E-state index contributed by atoms with van der Waals surface area (Å²) >= 11 is 0. The highest BCUT2D eigenvalue weighted by atomic mass is 32.2. The molecular weight excluding hydrogens is 452 g/mol. The predicted octanol–water partition coefficient (Wildman–Crippen LogP) is 2.66. The van der Waals surface area contributed by atoms with Crippen molar-refractivity contribution in [3.63, 3.8) is 0 Å². The zero-order valence-corrected chi connectivity index (χ0v) is 19.4. The molecule has 0 aliphatic carbocycles. The van der Waals surface area contributed by atoms with Crippen LogP contribution in [0, 0.1) is 0 Å². The molecule has 2 heterocycles. The molecule has 0 atom stereocenters. The van der Waals surface area contributed by atoms with Crippen LogP contribution in [0.5, 0.6) is 0 Å². The molecule has 8 nitrogen and oxygen atoms in total. The van der Waals surface area contributed by atoms with Crippen molar-refractivity contribution in [2.45, 2.75) is 30.7 Å². The van der Waals surface area contributed by atoms with Gasteiger partial charge in [-0.25, -0.2) is 8.42 Å². The maximum atomic E-state index is 13.4. The summed E-state index contributed by atoms with van der Waals surface area (Å²) in [6.45, 7) is 0.913. The molecule has 3 aromatic rings. The van der Waals surface area contributed by atoms with E-state index in [1.807, 2.05) is 36.4 Å². The van der Waals surface area contributed by atoms with Crippen molar-refractivity contribution in [1.29, 1.82) is 0 Å². The molecule has 0 radical (unpaired) electrons. The maximum absolute atomic E-state index is 13.4. The van der Waals surface area contributed by atoms with Gasteiger partial charge in [-0.1, -0.05) is 24.3 Å². The number of carbonyl (C=O) groups is 2. The van der Waals surface area contributed by atoms with Crippen LogP contribution in [-0.4, -0.2) is 38.3 Å². The van der Waals surface area contributed by atoms with Crippen LogP contribution in [0.15, 0.2) is 78.0 Å². The van der Waals surface area contributed by atoms with E-state index in [-0.39, 0.29) is 29.3 Å². The lowest BCUT2D eigenvalue weighted by Crippen LogP contribution is -2.35. The van der Waals surface area contributed by atoms with E-state index in [1.54, 1.807) is 24.5 Å². The highest BCUT2D eigenvalue weighted by Gasteiger charge is 2.29. The number of hydrogen-bond acceptors (Lipinski definition) is 5. The zero-order valence-electron chi connectivity index (χ0n) is 18.6. The van der Waals surface area contributed by atoms with Crippen LogP contribution in [0.1, 0.15) is 34.3 Å². The molecule has 0 spiro atoms. The molecule has 0 saturated carbocycles. The molecule has 0 saturated heterocycles. The Labute approximate surface area is 199 Å². The zero-order chi connectivity index (χ0) is 24.0. The van der Waals surface area contributed by atoms with Gasteiger partial charge in [-0.3, -0.25) is 18.9 Å². The quantitative estimate of drug-likeness (QED) is 0.518. The number of sulfonamides is 1. The third-order valence-corrected chi connectivity index (χ3v) is 7.44. The number of anilines is 1. The maximum Gasteiger partial charge on any atom is 0.264 e. The van der Waals surface area contributed by atoms with E-state index in [0.717, 1.165) is 24.0 Å². The largest absolute Gasteiger partial charge is 0.352 e. The van der Waals surface area contributed by atoms with Crippen LogP contribution in [0.4, 0.5) is 5.69 Å². The van der Waals surface area contributed by atoms with E-state index in [0.29, 0.717) is 18.8 Å². The Morgan fingerprint density at radius 1 is 0.971 bits per heavy atom. The molecule has 176 valence electrons. The number of aryl methyl sites for hydroxylation is 1. The Morgan fingerprint density at radius 2 is 1.76 bits per heavy atom. The first-order valence-corrected chi connectivity index (χ1v) is 12.5. The Morgan fingerprint density at radius 3 is 2.59 bits per heavy atom. The molecule has 0 bridgehead atoms. The summed E-state index contributed by atoms with van der Waals surface area (Å²) in [4.78, 5) is 28.6. The second kappa shape index (κ2) is 10.5. The van der Waals surface area contributed by atoms with Gasteiger partial charge in [0.1, 0.15) is 0 Å². The average Bonchev–Trinajstić information content (AvgIpc) is 2.87. The highest BCUT2D eigenvalue weighted by Crippen LogP contribution is 2.31. The van der Waals surface area contributed by atoms with E-state index in [1.165, 1.54) is 16.4 Å². The van der Waals surface area contributed by atoms with Gasteiger partial charge in [0, 0.05) is 44.0 Å². The van der Waals surface area contributed by atoms with Crippen molar-refractivity contribution in [2.75, 3.05) is 17.4 Å². The first-order chi connectivity index (χ1) is 16.4. The lowest BCUT2D eigenvalue weighted by atomic mass is 10.0. The highest BCUT2D eigenvalue weighted by molar-refractivity contribution is 7.92. The number of nitrogens with one attached hydrogen (secondary N) is 2.